The number of carbonyl (C=O) groups is 1. The van der Waals surface area contributed by atoms with Crippen LogP contribution in [0.5, 0.6) is 11.5 Å². The van der Waals surface area contributed by atoms with Gasteiger partial charge in [-0.2, -0.15) is 0 Å². The molecule has 140 valence electrons. The van der Waals surface area contributed by atoms with E-state index in [1.54, 1.807) is 7.11 Å². The molecule has 3 aromatic rings. The minimum absolute atomic E-state index is 0.0556. The first-order valence-electron chi connectivity index (χ1n) is 8.73. The van der Waals surface area contributed by atoms with E-state index in [1.165, 1.54) is 11.8 Å². The van der Waals surface area contributed by atoms with Crippen molar-refractivity contribution < 1.29 is 14.3 Å². The maximum Gasteiger partial charge on any atom is 0.200 e. The van der Waals surface area contributed by atoms with Gasteiger partial charge in [-0.1, -0.05) is 54.2 Å². The molecule has 0 bridgehead atoms. The van der Waals surface area contributed by atoms with Gasteiger partial charge < -0.3 is 9.47 Å². The van der Waals surface area contributed by atoms with Gasteiger partial charge in [0, 0.05) is 10.5 Å². The van der Waals surface area contributed by atoms with E-state index in [0.717, 1.165) is 26.1 Å². The fourth-order valence-electron chi connectivity index (χ4n) is 2.98. The molecule has 0 aromatic heterocycles. The van der Waals surface area contributed by atoms with Crippen LogP contribution in [0.2, 0.25) is 0 Å². The van der Waals surface area contributed by atoms with E-state index in [1.807, 2.05) is 72.8 Å². The van der Waals surface area contributed by atoms with Crippen LogP contribution in [-0.4, -0.2) is 12.9 Å². The van der Waals surface area contributed by atoms with Crippen molar-refractivity contribution in [2.45, 2.75) is 11.5 Å². The van der Waals surface area contributed by atoms with E-state index in [0.29, 0.717) is 23.0 Å². The molecule has 0 fully saturated rings. The molecule has 0 aliphatic carbocycles. The van der Waals surface area contributed by atoms with Gasteiger partial charge in [-0.05, 0) is 57.4 Å². The lowest BCUT2D eigenvalue weighted by Crippen LogP contribution is -1.99. The highest BCUT2D eigenvalue weighted by molar-refractivity contribution is 9.10. The van der Waals surface area contributed by atoms with Crippen molar-refractivity contribution in [3.8, 4) is 11.5 Å². The van der Waals surface area contributed by atoms with Crippen molar-refractivity contribution in [3.63, 3.8) is 0 Å². The zero-order valence-corrected chi connectivity index (χ0v) is 17.5. The Labute approximate surface area is 176 Å². The Hall–Kier alpha value is -2.50. The van der Waals surface area contributed by atoms with E-state index in [-0.39, 0.29) is 5.78 Å². The molecule has 0 unspecified atom stereocenters. The molecule has 0 saturated carbocycles. The van der Waals surface area contributed by atoms with E-state index in [2.05, 4.69) is 15.9 Å². The third-order valence-electron chi connectivity index (χ3n) is 4.35. The predicted octanol–water partition coefficient (Wildman–Crippen LogP) is 6.37. The lowest BCUT2D eigenvalue weighted by Gasteiger charge is -2.14. The van der Waals surface area contributed by atoms with Gasteiger partial charge in [-0.15, -0.1) is 0 Å². The summed E-state index contributed by atoms with van der Waals surface area (Å²) in [6, 6.07) is 21.4. The molecule has 1 heterocycles. The summed E-state index contributed by atoms with van der Waals surface area (Å²) in [7, 11) is 1.61. The van der Waals surface area contributed by atoms with E-state index >= 15 is 0 Å². The number of rotatable bonds is 5. The fraction of sp³-hybridized carbons (Fsp3) is 0.0870. The first-order chi connectivity index (χ1) is 13.7. The van der Waals surface area contributed by atoms with Gasteiger partial charge in [0.25, 0.3) is 0 Å². The Balaban J connectivity index is 1.60. The van der Waals surface area contributed by atoms with Crippen LogP contribution >= 0.6 is 27.7 Å². The third kappa shape index (κ3) is 3.86. The van der Waals surface area contributed by atoms with Crippen LogP contribution in [-0.2, 0) is 6.61 Å². The summed E-state index contributed by atoms with van der Waals surface area (Å²) in [6.45, 7) is 0.444. The Morgan fingerprint density at radius 1 is 1.04 bits per heavy atom. The van der Waals surface area contributed by atoms with Crippen molar-refractivity contribution in [3.05, 3.63) is 92.8 Å². The second kappa shape index (κ2) is 8.25. The van der Waals surface area contributed by atoms with Crippen LogP contribution < -0.4 is 9.47 Å². The molecule has 0 amide bonds. The summed E-state index contributed by atoms with van der Waals surface area (Å²) < 4.78 is 12.3. The van der Waals surface area contributed by atoms with Crippen molar-refractivity contribution in [1.29, 1.82) is 0 Å². The van der Waals surface area contributed by atoms with Crippen molar-refractivity contribution in [1.82, 2.24) is 0 Å². The molecule has 3 aromatic carbocycles. The number of hydrogen-bond acceptors (Lipinski definition) is 4. The summed E-state index contributed by atoms with van der Waals surface area (Å²) in [6.07, 6.45) is 1.89. The highest BCUT2D eigenvalue weighted by atomic mass is 79.9. The zero-order chi connectivity index (χ0) is 19.5. The summed E-state index contributed by atoms with van der Waals surface area (Å²) in [5.74, 6) is 1.31. The number of thioether (sulfide) groups is 1. The topological polar surface area (TPSA) is 35.5 Å². The highest BCUT2D eigenvalue weighted by Gasteiger charge is 2.25. The number of Topliss-reactive ketones (excluding diaryl/α,β-unsaturated/α-hetero) is 1. The largest absolute Gasteiger partial charge is 0.493 e. The van der Waals surface area contributed by atoms with Crippen LogP contribution in [0.4, 0.5) is 0 Å². The van der Waals surface area contributed by atoms with E-state index in [9.17, 15) is 4.79 Å². The number of allylic oxidation sites excluding steroid dienone is 1. The Morgan fingerprint density at radius 3 is 2.54 bits per heavy atom. The molecule has 3 nitrogen and oxygen atoms in total. The summed E-state index contributed by atoms with van der Waals surface area (Å²) in [5.41, 5.74) is 2.71. The molecule has 0 spiro atoms. The number of fused-ring (bicyclic) bond motifs is 1. The van der Waals surface area contributed by atoms with Gasteiger partial charge in [0.1, 0.15) is 6.61 Å². The number of carbonyl (C=O) groups excluding carboxylic acids is 1. The number of benzene rings is 3. The monoisotopic (exact) mass is 452 g/mol. The first-order valence-corrected chi connectivity index (χ1v) is 10.3. The molecule has 0 atom stereocenters. The molecule has 0 saturated heterocycles. The summed E-state index contributed by atoms with van der Waals surface area (Å²) >= 11 is 5.07. The average molecular weight is 453 g/mol. The van der Waals surface area contributed by atoms with Gasteiger partial charge in [-0.25, -0.2) is 0 Å². The lowest BCUT2D eigenvalue weighted by molar-refractivity contribution is 0.104. The van der Waals surface area contributed by atoms with Crippen molar-refractivity contribution in [2.24, 2.45) is 0 Å². The number of hydrogen-bond donors (Lipinski definition) is 0. The fourth-order valence-corrected chi connectivity index (χ4v) is 4.61. The maximum atomic E-state index is 12.6. The first kappa shape index (κ1) is 18.8. The second-order valence-electron chi connectivity index (χ2n) is 6.24. The van der Waals surface area contributed by atoms with Gasteiger partial charge in [0.15, 0.2) is 11.5 Å². The van der Waals surface area contributed by atoms with Crippen molar-refractivity contribution >= 4 is 39.6 Å². The van der Waals surface area contributed by atoms with E-state index < -0.39 is 0 Å². The number of ether oxygens (including phenoxy) is 2. The standard InChI is InChI=1S/C23H17BrO3S/c1-26-19-12-16(13-21-22(25)17-9-5-6-10-20(17)28-21)11-18(24)23(19)27-14-15-7-3-2-4-8-15/h2-13H,14H2,1H3/b21-13-. The molecular weight excluding hydrogens is 436 g/mol. The molecular formula is C23H17BrO3S. The second-order valence-corrected chi connectivity index (χ2v) is 8.18. The average Bonchev–Trinajstić information content (AvgIpc) is 3.03. The van der Waals surface area contributed by atoms with Crippen LogP contribution in [0, 0.1) is 0 Å². The van der Waals surface area contributed by atoms with Gasteiger partial charge in [0.05, 0.1) is 16.5 Å². The predicted molar refractivity (Wildman–Crippen MR) is 116 cm³/mol. The summed E-state index contributed by atoms with van der Waals surface area (Å²) in [4.78, 5) is 14.3. The minimum atomic E-state index is 0.0556. The van der Waals surface area contributed by atoms with Gasteiger partial charge in [0.2, 0.25) is 5.78 Å². The van der Waals surface area contributed by atoms with Gasteiger partial charge >= 0.3 is 0 Å². The molecule has 5 heteroatoms. The summed E-state index contributed by atoms with van der Waals surface area (Å²) in [5, 5.41) is 0. The minimum Gasteiger partial charge on any atom is -0.493 e. The molecule has 4 rings (SSSR count). The van der Waals surface area contributed by atoms with Crippen LogP contribution in [0.1, 0.15) is 21.5 Å². The smallest absolute Gasteiger partial charge is 0.200 e. The lowest BCUT2D eigenvalue weighted by atomic mass is 10.1. The number of methoxy groups -OCH3 is 1. The molecule has 0 N–H and O–H groups in total. The Bertz CT molecular complexity index is 1060. The molecule has 1 aliphatic rings. The van der Waals surface area contributed by atoms with Crippen LogP contribution in [0.15, 0.2) is 81.0 Å². The molecule has 0 radical (unpaired) electrons. The molecule has 1 aliphatic heterocycles. The van der Waals surface area contributed by atoms with Crippen molar-refractivity contribution in [2.75, 3.05) is 7.11 Å². The maximum absolute atomic E-state index is 12.6. The number of ketones is 1. The molecule has 28 heavy (non-hydrogen) atoms. The SMILES string of the molecule is COc1cc(/C=C2\Sc3ccccc3C2=O)cc(Br)c1OCc1ccccc1. The third-order valence-corrected chi connectivity index (χ3v) is 6.04. The highest BCUT2D eigenvalue weighted by Crippen LogP contribution is 2.42. The van der Waals surface area contributed by atoms with Gasteiger partial charge in [-0.3, -0.25) is 4.79 Å². The zero-order valence-electron chi connectivity index (χ0n) is 15.1. The normalized spacial score (nSPS) is 14.2. The number of halogens is 1. The van der Waals surface area contributed by atoms with Crippen LogP contribution in [0.3, 0.4) is 0 Å². The Kier molecular flexibility index (Phi) is 5.55. The quantitative estimate of drug-likeness (QED) is 0.421. The van der Waals surface area contributed by atoms with E-state index in [4.69, 9.17) is 9.47 Å². The Morgan fingerprint density at radius 2 is 1.79 bits per heavy atom. The van der Waals surface area contributed by atoms with Crippen LogP contribution in [0.25, 0.3) is 6.08 Å².